The van der Waals surface area contributed by atoms with Crippen LogP contribution < -0.4 is 16.2 Å². The molecule has 1 fully saturated rings. The zero-order valence-corrected chi connectivity index (χ0v) is 15.3. The Morgan fingerprint density at radius 1 is 1.46 bits per heavy atom. The fourth-order valence-corrected chi connectivity index (χ4v) is 3.61. The summed E-state index contributed by atoms with van der Waals surface area (Å²) in [6, 6.07) is 1.78. The number of amides is 1. The second-order valence-electron chi connectivity index (χ2n) is 6.47. The summed E-state index contributed by atoms with van der Waals surface area (Å²) in [7, 11) is 0. The van der Waals surface area contributed by atoms with E-state index in [9.17, 15) is 9.59 Å². The quantitative estimate of drug-likeness (QED) is 0.841. The van der Waals surface area contributed by atoms with E-state index in [0.29, 0.717) is 24.9 Å². The number of piperidine rings is 1. The molecule has 24 heavy (non-hydrogen) atoms. The first kappa shape index (κ1) is 18.9. The molecule has 2 aromatic rings. The molecule has 1 aliphatic rings. The molecule has 3 heterocycles. The highest BCUT2D eigenvalue weighted by atomic mass is 35.5. The summed E-state index contributed by atoms with van der Waals surface area (Å²) in [5.41, 5.74) is 0.101. The maximum Gasteiger partial charge on any atom is 0.262 e. The fraction of sp³-hybridized carbons (Fsp3) is 0.562. The van der Waals surface area contributed by atoms with E-state index in [1.54, 1.807) is 6.07 Å². The van der Waals surface area contributed by atoms with Crippen LogP contribution in [-0.4, -0.2) is 35.1 Å². The van der Waals surface area contributed by atoms with Crippen LogP contribution in [0.4, 0.5) is 0 Å². The van der Waals surface area contributed by atoms with Crippen molar-refractivity contribution in [2.75, 3.05) is 19.6 Å². The van der Waals surface area contributed by atoms with Crippen LogP contribution >= 0.6 is 23.7 Å². The number of nitrogens with zero attached hydrogens (tertiary/aromatic N) is 2. The largest absolute Gasteiger partial charge is 0.355 e. The summed E-state index contributed by atoms with van der Waals surface area (Å²) in [6.45, 7) is 5.29. The average Bonchev–Trinajstić information content (AvgIpc) is 3.03. The molecule has 0 aliphatic carbocycles. The molecular formula is C16H23ClN4O2S. The Morgan fingerprint density at radius 2 is 2.21 bits per heavy atom. The highest BCUT2D eigenvalue weighted by Gasteiger charge is 2.26. The molecule has 2 aromatic heterocycles. The van der Waals surface area contributed by atoms with E-state index in [1.807, 2.05) is 5.38 Å². The molecule has 1 saturated heterocycles. The molecule has 0 radical (unpaired) electrons. The smallest absolute Gasteiger partial charge is 0.262 e. The molecule has 132 valence electrons. The Kier molecular flexibility index (Phi) is 6.37. The minimum absolute atomic E-state index is 0. The number of hydrogen-bond donors (Lipinski definition) is 2. The number of nitrogens with one attached hydrogen (secondary N) is 2. The maximum absolute atomic E-state index is 12.2. The number of thiophene rings is 1. The standard InChI is InChI=1S/C16H22N4O2S.ClH/c1-16(4-6-17-7-5-16)10-18-13(21)2-8-20-11-19-14-12(15(20)22)3-9-23-14;/h3,9,11,17H,2,4-8,10H2,1H3,(H,18,21);1H. The lowest BCUT2D eigenvalue weighted by molar-refractivity contribution is -0.121. The van der Waals surface area contributed by atoms with Gasteiger partial charge < -0.3 is 10.6 Å². The number of carbonyl (C=O) groups is 1. The van der Waals surface area contributed by atoms with Gasteiger partial charge in [-0.15, -0.1) is 23.7 Å². The number of aryl methyl sites for hydroxylation is 1. The van der Waals surface area contributed by atoms with Crippen molar-refractivity contribution in [2.24, 2.45) is 5.41 Å². The Morgan fingerprint density at radius 3 is 2.96 bits per heavy atom. The van der Waals surface area contributed by atoms with Crippen LogP contribution in [0.25, 0.3) is 10.2 Å². The van der Waals surface area contributed by atoms with Gasteiger partial charge in [0.25, 0.3) is 5.56 Å². The monoisotopic (exact) mass is 370 g/mol. The molecule has 1 amide bonds. The normalized spacial score (nSPS) is 16.5. The van der Waals surface area contributed by atoms with Crippen molar-refractivity contribution in [3.8, 4) is 0 Å². The van der Waals surface area contributed by atoms with Crippen molar-refractivity contribution in [2.45, 2.75) is 32.7 Å². The highest BCUT2D eigenvalue weighted by molar-refractivity contribution is 7.16. The molecule has 0 saturated carbocycles. The summed E-state index contributed by atoms with van der Waals surface area (Å²) in [4.78, 5) is 29.3. The second kappa shape index (κ2) is 8.09. The van der Waals surface area contributed by atoms with E-state index >= 15 is 0 Å². The van der Waals surface area contributed by atoms with Crippen LogP contribution in [0, 0.1) is 5.41 Å². The fourth-order valence-electron chi connectivity index (χ4n) is 2.88. The molecule has 6 nitrogen and oxygen atoms in total. The van der Waals surface area contributed by atoms with E-state index < -0.39 is 0 Å². The van der Waals surface area contributed by atoms with E-state index in [4.69, 9.17) is 0 Å². The number of rotatable bonds is 5. The van der Waals surface area contributed by atoms with Crippen LogP contribution in [0.5, 0.6) is 0 Å². The number of halogens is 1. The molecule has 3 rings (SSSR count). The number of carbonyl (C=O) groups excluding carboxylic acids is 1. The SMILES string of the molecule is CC1(CNC(=O)CCn2cnc3sccc3c2=O)CCNCC1.Cl. The van der Waals surface area contributed by atoms with E-state index in [2.05, 4.69) is 22.5 Å². The summed E-state index contributed by atoms with van der Waals surface area (Å²) >= 11 is 1.45. The lowest BCUT2D eigenvalue weighted by Gasteiger charge is -2.34. The minimum Gasteiger partial charge on any atom is -0.355 e. The van der Waals surface area contributed by atoms with E-state index in [0.717, 1.165) is 30.8 Å². The molecule has 0 unspecified atom stereocenters. The van der Waals surface area contributed by atoms with Gasteiger partial charge in [-0.3, -0.25) is 14.2 Å². The third-order valence-electron chi connectivity index (χ3n) is 4.55. The summed E-state index contributed by atoms with van der Waals surface area (Å²) in [6.07, 6.45) is 3.98. The molecule has 0 spiro atoms. The van der Waals surface area contributed by atoms with Crippen molar-refractivity contribution < 1.29 is 4.79 Å². The van der Waals surface area contributed by atoms with Gasteiger partial charge in [0.2, 0.25) is 5.91 Å². The molecule has 2 N–H and O–H groups in total. The second-order valence-corrected chi connectivity index (χ2v) is 7.36. The van der Waals surface area contributed by atoms with Gasteiger partial charge in [0, 0.05) is 19.5 Å². The first-order valence-electron chi connectivity index (χ1n) is 7.97. The van der Waals surface area contributed by atoms with Crippen molar-refractivity contribution >= 4 is 39.9 Å². The third-order valence-corrected chi connectivity index (χ3v) is 5.37. The molecule has 1 aliphatic heterocycles. The summed E-state index contributed by atoms with van der Waals surface area (Å²) in [5, 5.41) is 8.83. The van der Waals surface area contributed by atoms with Gasteiger partial charge in [-0.2, -0.15) is 0 Å². The van der Waals surface area contributed by atoms with Gasteiger partial charge in [0.05, 0.1) is 11.7 Å². The Labute approximate surface area is 151 Å². The van der Waals surface area contributed by atoms with Crippen molar-refractivity contribution in [3.63, 3.8) is 0 Å². The summed E-state index contributed by atoms with van der Waals surface area (Å²) in [5.74, 6) is -0.0120. The third kappa shape index (κ3) is 4.34. The first-order valence-corrected chi connectivity index (χ1v) is 8.85. The Balaban J connectivity index is 0.00000208. The lowest BCUT2D eigenvalue weighted by atomic mass is 9.81. The van der Waals surface area contributed by atoms with E-state index in [-0.39, 0.29) is 29.3 Å². The van der Waals surface area contributed by atoms with Crippen molar-refractivity contribution in [3.05, 3.63) is 28.1 Å². The highest BCUT2D eigenvalue weighted by Crippen LogP contribution is 2.26. The number of fused-ring (bicyclic) bond motifs is 1. The van der Waals surface area contributed by atoms with Crippen LogP contribution in [0.3, 0.4) is 0 Å². The Bertz CT molecular complexity index is 752. The predicted molar refractivity (Wildman–Crippen MR) is 99.0 cm³/mol. The molecule has 0 bridgehead atoms. The van der Waals surface area contributed by atoms with Gasteiger partial charge in [-0.05, 0) is 42.8 Å². The van der Waals surface area contributed by atoms with Crippen LogP contribution in [-0.2, 0) is 11.3 Å². The Hall–Kier alpha value is -1.44. The van der Waals surface area contributed by atoms with Gasteiger partial charge in [-0.1, -0.05) is 6.92 Å². The summed E-state index contributed by atoms with van der Waals surface area (Å²) < 4.78 is 1.51. The predicted octanol–water partition coefficient (Wildman–Crippen LogP) is 1.78. The van der Waals surface area contributed by atoms with Crippen LogP contribution in [0.1, 0.15) is 26.2 Å². The maximum atomic E-state index is 12.2. The first-order chi connectivity index (χ1) is 11.1. The molecular weight excluding hydrogens is 348 g/mol. The van der Waals surface area contributed by atoms with Crippen molar-refractivity contribution in [1.29, 1.82) is 0 Å². The van der Waals surface area contributed by atoms with Crippen LogP contribution in [0.2, 0.25) is 0 Å². The van der Waals surface area contributed by atoms with E-state index in [1.165, 1.54) is 22.2 Å². The minimum atomic E-state index is -0.0747. The zero-order valence-electron chi connectivity index (χ0n) is 13.7. The van der Waals surface area contributed by atoms with Crippen molar-refractivity contribution in [1.82, 2.24) is 20.2 Å². The number of hydrogen-bond acceptors (Lipinski definition) is 5. The van der Waals surface area contributed by atoms with Gasteiger partial charge >= 0.3 is 0 Å². The molecule has 8 heteroatoms. The molecule has 0 aromatic carbocycles. The van der Waals surface area contributed by atoms with Gasteiger partial charge in [-0.25, -0.2) is 4.98 Å². The van der Waals surface area contributed by atoms with Gasteiger partial charge in [0.15, 0.2) is 0 Å². The lowest BCUT2D eigenvalue weighted by Crippen LogP contribution is -2.43. The topological polar surface area (TPSA) is 76.0 Å². The van der Waals surface area contributed by atoms with Crippen LogP contribution in [0.15, 0.2) is 22.6 Å². The van der Waals surface area contributed by atoms with Gasteiger partial charge in [0.1, 0.15) is 4.83 Å². The average molecular weight is 371 g/mol. The zero-order chi connectivity index (χ0) is 16.3. The molecule has 0 atom stereocenters. The number of aromatic nitrogens is 2.